The molecule has 0 amide bonds. The number of aromatic nitrogens is 2. The lowest BCUT2D eigenvalue weighted by molar-refractivity contribution is 0.304. The molecule has 0 bridgehead atoms. The van der Waals surface area contributed by atoms with Gasteiger partial charge in [-0.25, -0.2) is 4.63 Å². The zero-order valence-corrected chi connectivity index (χ0v) is 8.03. The Bertz CT molecular complexity index is 150. The van der Waals surface area contributed by atoms with E-state index in [0.29, 0.717) is 1.93 Å². The van der Waals surface area contributed by atoms with Crippen molar-refractivity contribution in [2.45, 2.75) is 1.93 Å². The van der Waals surface area contributed by atoms with Gasteiger partial charge < -0.3 is 0 Å². The van der Waals surface area contributed by atoms with Gasteiger partial charge in [-0.15, -0.1) is 0 Å². The van der Waals surface area contributed by atoms with Gasteiger partial charge in [-0.1, -0.05) is 55.5 Å². The van der Waals surface area contributed by atoms with Gasteiger partial charge in [-0.2, -0.15) is 0 Å². The lowest BCUT2D eigenvalue weighted by Crippen LogP contribution is -1.75. The normalized spacial score (nSPS) is 10.4. The minimum Gasteiger partial charge on any atom is -0.244 e. The minimum atomic E-state index is 0.358. The van der Waals surface area contributed by atoms with Crippen molar-refractivity contribution in [3.63, 3.8) is 0 Å². The highest BCUT2D eigenvalue weighted by molar-refractivity contribution is 14.2. The van der Waals surface area contributed by atoms with Gasteiger partial charge in [0, 0.05) is 0 Å². The number of halogens is 2. The molecule has 0 atom stereocenters. The topological polar surface area (TPSA) is 38.9 Å². The van der Waals surface area contributed by atoms with Crippen molar-refractivity contribution in [2.24, 2.45) is 0 Å². The van der Waals surface area contributed by atoms with Crippen LogP contribution in [0.4, 0.5) is 0 Å². The van der Waals surface area contributed by atoms with Crippen LogP contribution in [0.25, 0.3) is 0 Å². The van der Waals surface area contributed by atoms with Gasteiger partial charge in [-0.05, 0) is 0 Å². The largest absolute Gasteiger partial charge is 0.244 e. The average molecular weight is 336 g/mol. The van der Waals surface area contributed by atoms with Crippen LogP contribution >= 0.6 is 45.2 Å². The molecule has 0 saturated carbocycles. The van der Waals surface area contributed by atoms with Crippen LogP contribution in [0.3, 0.4) is 0 Å². The SMILES string of the molecule is IC(I)c1cnon1. The van der Waals surface area contributed by atoms with E-state index in [1.165, 1.54) is 0 Å². The molecule has 0 unspecified atom stereocenters. The number of rotatable bonds is 1. The second-order valence-corrected chi connectivity index (χ2v) is 6.01. The van der Waals surface area contributed by atoms with E-state index in [-0.39, 0.29) is 0 Å². The van der Waals surface area contributed by atoms with Crippen LogP contribution in [-0.4, -0.2) is 10.3 Å². The lowest BCUT2D eigenvalue weighted by atomic mass is 10.6. The van der Waals surface area contributed by atoms with E-state index in [4.69, 9.17) is 0 Å². The fourth-order valence-electron chi connectivity index (χ4n) is 0.268. The summed E-state index contributed by atoms with van der Waals surface area (Å²) in [6.45, 7) is 0. The first-order valence-corrected chi connectivity index (χ1v) is 4.35. The van der Waals surface area contributed by atoms with E-state index in [9.17, 15) is 0 Å². The molecule has 1 aromatic rings. The summed E-state index contributed by atoms with van der Waals surface area (Å²) in [5, 5.41) is 7.06. The monoisotopic (exact) mass is 336 g/mol. The highest BCUT2D eigenvalue weighted by atomic mass is 127. The Morgan fingerprint density at radius 2 is 2.38 bits per heavy atom. The quantitative estimate of drug-likeness (QED) is 0.581. The van der Waals surface area contributed by atoms with Gasteiger partial charge in [0.15, 0.2) is 0 Å². The number of hydrogen-bond donors (Lipinski definition) is 0. The highest BCUT2D eigenvalue weighted by Gasteiger charge is 2.04. The molecular weight excluding hydrogens is 334 g/mol. The van der Waals surface area contributed by atoms with E-state index < -0.39 is 0 Å². The van der Waals surface area contributed by atoms with E-state index >= 15 is 0 Å². The molecule has 0 aromatic carbocycles. The van der Waals surface area contributed by atoms with Crippen LogP contribution in [0, 0.1) is 0 Å². The van der Waals surface area contributed by atoms with Crippen molar-refractivity contribution in [3.05, 3.63) is 11.9 Å². The van der Waals surface area contributed by atoms with Crippen LogP contribution in [0.15, 0.2) is 10.8 Å². The van der Waals surface area contributed by atoms with Gasteiger partial charge in [0.05, 0.1) is 6.20 Å². The Morgan fingerprint density at radius 1 is 1.62 bits per heavy atom. The van der Waals surface area contributed by atoms with Crippen LogP contribution < -0.4 is 0 Å². The molecule has 0 aliphatic heterocycles. The highest BCUT2D eigenvalue weighted by Crippen LogP contribution is 2.27. The smallest absolute Gasteiger partial charge is 0.127 e. The second kappa shape index (κ2) is 2.95. The van der Waals surface area contributed by atoms with Gasteiger partial charge in [0.2, 0.25) is 0 Å². The van der Waals surface area contributed by atoms with Gasteiger partial charge >= 0.3 is 0 Å². The molecule has 0 spiro atoms. The first-order valence-electron chi connectivity index (χ1n) is 1.86. The molecule has 0 radical (unpaired) electrons. The number of alkyl halides is 2. The number of nitrogens with zero attached hydrogens (tertiary/aromatic N) is 2. The molecule has 0 aliphatic rings. The fourth-order valence-corrected chi connectivity index (χ4v) is 0.817. The Kier molecular flexibility index (Phi) is 2.47. The maximum atomic E-state index is 4.37. The Morgan fingerprint density at radius 3 is 2.62 bits per heavy atom. The van der Waals surface area contributed by atoms with Crippen LogP contribution in [0.5, 0.6) is 0 Å². The van der Waals surface area contributed by atoms with E-state index in [0.717, 1.165) is 5.69 Å². The standard InChI is InChI=1S/C3H2I2N2O/c4-3(5)2-1-6-8-7-2/h1,3H. The molecule has 1 rings (SSSR count). The maximum Gasteiger partial charge on any atom is 0.127 e. The summed E-state index contributed by atoms with van der Waals surface area (Å²) >= 11 is 4.46. The number of hydrogen-bond acceptors (Lipinski definition) is 3. The minimum absolute atomic E-state index is 0.358. The first kappa shape index (κ1) is 6.72. The summed E-state index contributed by atoms with van der Waals surface area (Å²) < 4.78 is 4.72. The molecule has 1 heterocycles. The Hall–Kier alpha value is 0.600. The molecule has 44 valence electrons. The molecule has 8 heavy (non-hydrogen) atoms. The third-order valence-electron chi connectivity index (χ3n) is 0.602. The fraction of sp³-hybridized carbons (Fsp3) is 0.333. The van der Waals surface area contributed by atoms with Crippen molar-refractivity contribution < 1.29 is 4.63 Å². The third kappa shape index (κ3) is 1.54. The summed E-state index contributed by atoms with van der Waals surface area (Å²) in [6, 6.07) is 0. The van der Waals surface area contributed by atoms with E-state index in [2.05, 4.69) is 60.1 Å². The summed E-state index contributed by atoms with van der Waals surface area (Å²) in [6.07, 6.45) is 1.61. The van der Waals surface area contributed by atoms with Crippen molar-refractivity contribution in [1.29, 1.82) is 0 Å². The van der Waals surface area contributed by atoms with Gasteiger partial charge in [-0.3, -0.25) is 0 Å². The third-order valence-corrected chi connectivity index (χ3v) is 1.88. The lowest BCUT2D eigenvalue weighted by Gasteiger charge is -1.86. The van der Waals surface area contributed by atoms with Crippen LogP contribution in [0.1, 0.15) is 7.63 Å². The summed E-state index contributed by atoms with van der Waals surface area (Å²) in [5.41, 5.74) is 0.881. The van der Waals surface area contributed by atoms with Crippen molar-refractivity contribution in [3.8, 4) is 0 Å². The van der Waals surface area contributed by atoms with Crippen molar-refractivity contribution in [2.75, 3.05) is 0 Å². The first-order chi connectivity index (χ1) is 3.80. The summed E-state index contributed by atoms with van der Waals surface area (Å²) in [5.74, 6) is 0. The predicted molar refractivity (Wildman–Crippen MR) is 45.1 cm³/mol. The molecule has 0 N–H and O–H groups in total. The van der Waals surface area contributed by atoms with Crippen molar-refractivity contribution >= 4 is 45.2 Å². The average Bonchev–Trinajstić information content (AvgIpc) is 2.12. The Labute approximate surface area is 73.5 Å². The van der Waals surface area contributed by atoms with E-state index in [1.807, 2.05) is 0 Å². The molecule has 0 saturated heterocycles. The molecule has 0 aliphatic carbocycles. The molecule has 3 nitrogen and oxygen atoms in total. The molecule has 0 fully saturated rings. The molecular formula is C3H2I2N2O. The second-order valence-electron chi connectivity index (χ2n) is 1.13. The van der Waals surface area contributed by atoms with E-state index in [1.54, 1.807) is 6.20 Å². The van der Waals surface area contributed by atoms with Crippen molar-refractivity contribution in [1.82, 2.24) is 10.3 Å². The molecule has 5 heteroatoms. The predicted octanol–water partition coefficient (Wildman–Crippen LogP) is 1.94. The molecule has 1 aromatic heterocycles. The zero-order chi connectivity index (χ0) is 5.98. The van der Waals surface area contributed by atoms with Crippen LogP contribution in [0.2, 0.25) is 0 Å². The summed E-state index contributed by atoms with van der Waals surface area (Å²) in [7, 11) is 0. The summed E-state index contributed by atoms with van der Waals surface area (Å²) in [4.78, 5) is 0. The van der Waals surface area contributed by atoms with Gasteiger partial charge in [0.25, 0.3) is 0 Å². The Balaban J connectivity index is 2.77. The zero-order valence-electron chi connectivity index (χ0n) is 3.71. The maximum absolute atomic E-state index is 4.37. The van der Waals surface area contributed by atoms with Gasteiger partial charge in [0.1, 0.15) is 7.63 Å². The van der Waals surface area contributed by atoms with Crippen LogP contribution in [-0.2, 0) is 0 Å².